The lowest BCUT2D eigenvalue weighted by Crippen LogP contribution is -2.30. The van der Waals surface area contributed by atoms with E-state index in [1.54, 1.807) is 7.11 Å². The van der Waals surface area contributed by atoms with Gasteiger partial charge in [0, 0.05) is 11.6 Å². The van der Waals surface area contributed by atoms with Crippen molar-refractivity contribution in [1.82, 2.24) is 5.32 Å². The van der Waals surface area contributed by atoms with Crippen molar-refractivity contribution in [2.45, 2.75) is 64.3 Å². The van der Waals surface area contributed by atoms with E-state index < -0.39 is 0 Å². The van der Waals surface area contributed by atoms with Crippen LogP contribution >= 0.6 is 0 Å². The van der Waals surface area contributed by atoms with Gasteiger partial charge < -0.3 is 10.1 Å². The predicted molar refractivity (Wildman–Crippen MR) is 89.8 cm³/mol. The summed E-state index contributed by atoms with van der Waals surface area (Å²) in [5.41, 5.74) is 1.35. The molecule has 1 aromatic rings. The summed E-state index contributed by atoms with van der Waals surface area (Å²) in [5.74, 6) is 1.78. The highest BCUT2D eigenvalue weighted by Crippen LogP contribution is 2.36. The van der Waals surface area contributed by atoms with Gasteiger partial charge in [-0.05, 0) is 37.8 Å². The number of hydrogen-bond acceptors (Lipinski definition) is 2. The average molecular weight is 289 g/mol. The van der Waals surface area contributed by atoms with E-state index in [-0.39, 0.29) is 0 Å². The topological polar surface area (TPSA) is 21.3 Å². The third kappa shape index (κ3) is 4.74. The first-order valence-corrected chi connectivity index (χ1v) is 8.73. The second-order valence-electron chi connectivity index (χ2n) is 6.28. The highest BCUT2D eigenvalue weighted by Gasteiger charge is 2.25. The summed E-state index contributed by atoms with van der Waals surface area (Å²) in [4.78, 5) is 0. The third-order valence-electron chi connectivity index (χ3n) is 4.71. The molecular formula is C19H31NO. The number of hydrogen-bond donors (Lipinski definition) is 1. The van der Waals surface area contributed by atoms with E-state index in [1.807, 2.05) is 0 Å². The summed E-state index contributed by atoms with van der Waals surface area (Å²) < 4.78 is 5.61. The van der Waals surface area contributed by atoms with Crippen molar-refractivity contribution < 1.29 is 4.74 Å². The minimum atomic E-state index is 0.444. The van der Waals surface area contributed by atoms with E-state index in [0.29, 0.717) is 6.04 Å². The van der Waals surface area contributed by atoms with E-state index in [9.17, 15) is 0 Å². The second-order valence-corrected chi connectivity index (χ2v) is 6.28. The van der Waals surface area contributed by atoms with Crippen LogP contribution in [-0.2, 0) is 0 Å². The molecule has 1 saturated carbocycles. The van der Waals surface area contributed by atoms with Crippen molar-refractivity contribution in [3.05, 3.63) is 29.8 Å². The molecule has 118 valence electrons. The van der Waals surface area contributed by atoms with Crippen LogP contribution in [0.3, 0.4) is 0 Å². The molecule has 2 heteroatoms. The van der Waals surface area contributed by atoms with Gasteiger partial charge in [0.1, 0.15) is 5.75 Å². The molecule has 0 heterocycles. The summed E-state index contributed by atoms with van der Waals surface area (Å²) >= 11 is 0. The van der Waals surface area contributed by atoms with Gasteiger partial charge in [0.05, 0.1) is 7.11 Å². The summed E-state index contributed by atoms with van der Waals surface area (Å²) in [6.45, 7) is 3.32. The molecule has 2 nitrogen and oxygen atoms in total. The van der Waals surface area contributed by atoms with Crippen LogP contribution in [0.4, 0.5) is 0 Å². The number of ether oxygens (including phenoxy) is 1. The lowest BCUT2D eigenvalue weighted by atomic mass is 9.82. The van der Waals surface area contributed by atoms with Gasteiger partial charge >= 0.3 is 0 Å². The molecule has 1 aliphatic rings. The molecule has 1 unspecified atom stereocenters. The molecule has 0 spiro atoms. The molecule has 1 fully saturated rings. The molecular weight excluding hydrogens is 258 g/mol. The molecule has 1 aromatic carbocycles. The van der Waals surface area contributed by atoms with Crippen molar-refractivity contribution >= 4 is 0 Å². The Balaban J connectivity index is 2.19. The van der Waals surface area contributed by atoms with Crippen molar-refractivity contribution in [3.8, 4) is 5.75 Å². The van der Waals surface area contributed by atoms with Gasteiger partial charge in [-0.2, -0.15) is 0 Å². The van der Waals surface area contributed by atoms with Crippen LogP contribution < -0.4 is 10.1 Å². The Kier molecular flexibility index (Phi) is 7.08. The highest BCUT2D eigenvalue weighted by molar-refractivity contribution is 5.36. The van der Waals surface area contributed by atoms with E-state index in [1.165, 1.54) is 56.9 Å². The number of benzene rings is 1. The zero-order valence-corrected chi connectivity index (χ0v) is 13.7. The molecule has 0 aromatic heterocycles. The molecule has 0 bridgehead atoms. The van der Waals surface area contributed by atoms with Crippen LogP contribution in [0.15, 0.2) is 24.3 Å². The molecule has 1 N–H and O–H groups in total. The molecule has 21 heavy (non-hydrogen) atoms. The molecule has 0 amide bonds. The Hall–Kier alpha value is -1.02. The predicted octanol–water partition coefficient (Wildman–Crippen LogP) is 5.10. The van der Waals surface area contributed by atoms with Crippen LogP contribution in [0.1, 0.15) is 69.9 Å². The normalized spacial score (nSPS) is 18.8. The first-order chi connectivity index (χ1) is 10.4. The number of para-hydroxylation sites is 1. The Morgan fingerprint density at radius 1 is 1.10 bits per heavy atom. The van der Waals surface area contributed by atoms with Crippen LogP contribution in [0.5, 0.6) is 5.75 Å². The Labute approximate surface area is 130 Å². The standard InChI is InChI=1S/C19H31NO/c1-3-15-20-19(16-11-7-5-4-6-8-12-16)17-13-9-10-14-18(17)21-2/h9-10,13-14,16,19-20H,3-8,11-12,15H2,1-2H3. The molecule has 2 rings (SSSR count). The molecule has 1 atom stereocenters. The molecule has 0 saturated heterocycles. The maximum atomic E-state index is 5.61. The van der Waals surface area contributed by atoms with Gasteiger partial charge in [-0.15, -0.1) is 0 Å². The van der Waals surface area contributed by atoms with E-state index in [0.717, 1.165) is 18.2 Å². The Bertz CT molecular complexity index is 396. The van der Waals surface area contributed by atoms with Crippen LogP contribution in [0, 0.1) is 5.92 Å². The van der Waals surface area contributed by atoms with Crippen LogP contribution in [-0.4, -0.2) is 13.7 Å². The summed E-state index contributed by atoms with van der Waals surface area (Å²) in [6.07, 6.45) is 10.9. The maximum absolute atomic E-state index is 5.61. The highest BCUT2D eigenvalue weighted by atomic mass is 16.5. The monoisotopic (exact) mass is 289 g/mol. The maximum Gasteiger partial charge on any atom is 0.123 e. The molecule has 0 radical (unpaired) electrons. The largest absolute Gasteiger partial charge is 0.496 e. The van der Waals surface area contributed by atoms with Crippen LogP contribution in [0.2, 0.25) is 0 Å². The van der Waals surface area contributed by atoms with E-state index in [4.69, 9.17) is 4.74 Å². The first kappa shape index (κ1) is 16.4. The van der Waals surface area contributed by atoms with E-state index in [2.05, 4.69) is 36.5 Å². The summed E-state index contributed by atoms with van der Waals surface area (Å²) in [6, 6.07) is 8.99. The smallest absolute Gasteiger partial charge is 0.123 e. The lowest BCUT2D eigenvalue weighted by Gasteiger charge is -2.31. The third-order valence-corrected chi connectivity index (χ3v) is 4.71. The number of methoxy groups -OCH3 is 1. The molecule has 1 aliphatic carbocycles. The van der Waals surface area contributed by atoms with Gasteiger partial charge in [0.25, 0.3) is 0 Å². The zero-order valence-electron chi connectivity index (χ0n) is 13.7. The Morgan fingerprint density at radius 2 is 1.76 bits per heavy atom. The van der Waals surface area contributed by atoms with E-state index >= 15 is 0 Å². The number of rotatable bonds is 6. The van der Waals surface area contributed by atoms with Gasteiger partial charge in [-0.3, -0.25) is 0 Å². The minimum absolute atomic E-state index is 0.444. The summed E-state index contributed by atoms with van der Waals surface area (Å²) in [5, 5.41) is 3.80. The lowest BCUT2D eigenvalue weighted by molar-refractivity contribution is 0.281. The summed E-state index contributed by atoms with van der Waals surface area (Å²) in [7, 11) is 1.79. The Morgan fingerprint density at radius 3 is 2.43 bits per heavy atom. The van der Waals surface area contributed by atoms with Crippen LogP contribution in [0.25, 0.3) is 0 Å². The van der Waals surface area contributed by atoms with Crippen molar-refractivity contribution in [2.24, 2.45) is 5.92 Å². The fourth-order valence-electron chi connectivity index (χ4n) is 3.57. The fourth-order valence-corrected chi connectivity index (χ4v) is 3.57. The number of nitrogens with one attached hydrogen (secondary N) is 1. The quantitative estimate of drug-likeness (QED) is 0.787. The first-order valence-electron chi connectivity index (χ1n) is 8.73. The SMILES string of the molecule is CCCNC(c1ccccc1OC)C1CCCCCCC1. The van der Waals surface area contributed by atoms with Gasteiger partial charge in [-0.1, -0.05) is 57.2 Å². The van der Waals surface area contributed by atoms with Crippen molar-refractivity contribution in [3.63, 3.8) is 0 Å². The fraction of sp³-hybridized carbons (Fsp3) is 0.684. The molecule has 0 aliphatic heterocycles. The minimum Gasteiger partial charge on any atom is -0.496 e. The zero-order chi connectivity index (χ0) is 14.9. The van der Waals surface area contributed by atoms with Gasteiger partial charge in [0.15, 0.2) is 0 Å². The van der Waals surface area contributed by atoms with Crippen molar-refractivity contribution in [1.29, 1.82) is 0 Å². The van der Waals surface area contributed by atoms with Crippen molar-refractivity contribution in [2.75, 3.05) is 13.7 Å². The van der Waals surface area contributed by atoms with Gasteiger partial charge in [-0.25, -0.2) is 0 Å². The second kappa shape index (κ2) is 9.09. The average Bonchev–Trinajstić information content (AvgIpc) is 2.49. The van der Waals surface area contributed by atoms with Gasteiger partial charge in [0.2, 0.25) is 0 Å².